The van der Waals surface area contributed by atoms with Crippen LogP contribution in [-0.4, -0.2) is 50.5 Å². The lowest BCUT2D eigenvalue weighted by Gasteiger charge is -2.33. The molecule has 0 saturated heterocycles. The molecule has 27 heavy (non-hydrogen) atoms. The summed E-state index contributed by atoms with van der Waals surface area (Å²) in [5.74, 6) is -0.506. The Labute approximate surface area is 166 Å². The molecule has 0 aromatic carbocycles. The first-order valence-corrected chi connectivity index (χ1v) is 10.8. The van der Waals surface area contributed by atoms with E-state index in [0.717, 1.165) is 31.8 Å². The van der Waals surface area contributed by atoms with Gasteiger partial charge < -0.3 is 25.5 Å². The van der Waals surface area contributed by atoms with Crippen molar-refractivity contribution in [1.82, 2.24) is 0 Å². The van der Waals surface area contributed by atoms with Crippen molar-refractivity contribution in [2.45, 2.75) is 116 Å². The van der Waals surface area contributed by atoms with Crippen molar-refractivity contribution in [1.29, 1.82) is 0 Å². The summed E-state index contributed by atoms with van der Waals surface area (Å²) < 4.78 is 0. The first kappa shape index (κ1) is 26.4. The number of aliphatic hydroxyl groups excluding tert-OH is 5. The monoisotopic (exact) mass is 388 g/mol. The minimum Gasteiger partial charge on any atom is -0.510 e. The summed E-state index contributed by atoms with van der Waals surface area (Å²) >= 11 is 0. The van der Waals surface area contributed by atoms with E-state index in [9.17, 15) is 20.4 Å². The quantitative estimate of drug-likeness (QED) is 0.190. The number of unbranched alkanes of at least 4 members (excludes halogenated alkanes) is 7. The molecule has 0 aromatic rings. The van der Waals surface area contributed by atoms with Crippen molar-refractivity contribution in [3.63, 3.8) is 0 Å². The van der Waals surface area contributed by atoms with E-state index in [1.165, 1.54) is 44.9 Å². The van der Waals surface area contributed by atoms with Gasteiger partial charge in [0.05, 0.1) is 12.7 Å². The van der Waals surface area contributed by atoms with E-state index in [0.29, 0.717) is 6.42 Å². The Morgan fingerprint density at radius 3 is 1.81 bits per heavy atom. The van der Waals surface area contributed by atoms with Gasteiger partial charge in [0.2, 0.25) is 0 Å². The van der Waals surface area contributed by atoms with Crippen molar-refractivity contribution < 1.29 is 25.5 Å². The van der Waals surface area contributed by atoms with Gasteiger partial charge in [0.15, 0.2) is 0 Å². The average molecular weight is 389 g/mol. The Hall–Kier alpha value is -0.620. The molecule has 0 fully saturated rings. The molecule has 0 spiro atoms. The number of aliphatic hydroxyl groups is 5. The van der Waals surface area contributed by atoms with Gasteiger partial charge >= 0.3 is 0 Å². The molecule has 0 heterocycles. The van der Waals surface area contributed by atoms with Gasteiger partial charge in [0.1, 0.15) is 18.0 Å². The summed E-state index contributed by atoms with van der Waals surface area (Å²) in [5.41, 5.74) is -0.0561. The van der Waals surface area contributed by atoms with Crippen molar-refractivity contribution in [3.8, 4) is 0 Å². The van der Waals surface area contributed by atoms with Crippen molar-refractivity contribution >= 4 is 0 Å². The third kappa shape index (κ3) is 12.5. The third-order valence-electron chi connectivity index (χ3n) is 5.47. The molecule has 0 radical (unpaired) electrons. The maximum absolute atomic E-state index is 10.5. The number of hydrogen-bond donors (Lipinski definition) is 5. The second kappa shape index (κ2) is 15.3. The molecule has 3 unspecified atom stereocenters. The average Bonchev–Trinajstić information content (AvgIpc) is 2.64. The maximum atomic E-state index is 10.5. The van der Waals surface area contributed by atoms with Gasteiger partial charge in [-0.25, -0.2) is 0 Å². The lowest BCUT2D eigenvalue weighted by Crippen LogP contribution is -2.32. The van der Waals surface area contributed by atoms with Crippen LogP contribution in [0.4, 0.5) is 0 Å². The molecule has 0 amide bonds. The van der Waals surface area contributed by atoms with Crippen molar-refractivity contribution in [2.75, 3.05) is 6.61 Å². The highest BCUT2D eigenvalue weighted by molar-refractivity contribution is 5.03. The second-order valence-electron chi connectivity index (χ2n) is 8.34. The van der Waals surface area contributed by atoms with Crippen LogP contribution < -0.4 is 0 Å². The fraction of sp³-hybridized carbons (Fsp3) is 0.909. The van der Waals surface area contributed by atoms with E-state index in [1.54, 1.807) is 0 Å². The molecule has 0 bridgehead atoms. The fourth-order valence-electron chi connectivity index (χ4n) is 3.58. The molecule has 0 aliphatic carbocycles. The van der Waals surface area contributed by atoms with Gasteiger partial charge in [-0.2, -0.15) is 0 Å². The second-order valence-corrected chi connectivity index (χ2v) is 8.34. The smallest absolute Gasteiger partial charge is 0.133 e. The van der Waals surface area contributed by atoms with Crippen LogP contribution in [-0.2, 0) is 0 Å². The van der Waals surface area contributed by atoms with Crippen molar-refractivity contribution in [2.24, 2.45) is 5.41 Å². The zero-order valence-corrected chi connectivity index (χ0v) is 17.7. The van der Waals surface area contributed by atoms with Gasteiger partial charge in [-0.3, -0.25) is 0 Å². The van der Waals surface area contributed by atoms with E-state index in [-0.39, 0.29) is 5.41 Å². The van der Waals surface area contributed by atoms with Crippen LogP contribution in [0.2, 0.25) is 0 Å². The maximum Gasteiger partial charge on any atom is 0.133 e. The van der Waals surface area contributed by atoms with Crippen molar-refractivity contribution in [3.05, 3.63) is 11.8 Å². The van der Waals surface area contributed by atoms with Crippen LogP contribution in [0.1, 0.15) is 97.8 Å². The molecule has 0 aromatic heterocycles. The van der Waals surface area contributed by atoms with Gasteiger partial charge in [0.25, 0.3) is 0 Å². The summed E-state index contributed by atoms with van der Waals surface area (Å²) in [6.45, 7) is 5.94. The largest absolute Gasteiger partial charge is 0.510 e. The Morgan fingerprint density at radius 1 is 0.852 bits per heavy atom. The normalized spacial score (nSPS) is 18.1. The predicted octanol–water partition coefficient (Wildman–Crippen LogP) is 4.23. The zero-order valence-electron chi connectivity index (χ0n) is 17.7. The lowest BCUT2D eigenvalue weighted by atomic mass is 9.74. The molecule has 5 heteroatoms. The van der Waals surface area contributed by atoms with Gasteiger partial charge in [-0.15, -0.1) is 0 Å². The minimum absolute atomic E-state index is 0.0561. The summed E-state index contributed by atoms with van der Waals surface area (Å²) in [5, 5.41) is 48.5. The standard InChI is InChI=1S/C22H44O5/c1-4-6-8-10-12-14-22(3,13-11-9-7-5-2)16-20(26)18(24)15-19(25)21(27)17-23/h15,18,20-21,23-27H,4-14,16-17H2,1-3H3/t18?,20?,21-,22?/m1/s1. The molecule has 4 atom stereocenters. The Kier molecular flexibility index (Phi) is 15.0. The molecule has 0 aliphatic heterocycles. The first-order valence-electron chi connectivity index (χ1n) is 10.8. The summed E-state index contributed by atoms with van der Waals surface area (Å²) in [4.78, 5) is 0. The molecule has 0 rings (SSSR count). The predicted molar refractivity (Wildman–Crippen MR) is 111 cm³/mol. The van der Waals surface area contributed by atoms with E-state index >= 15 is 0 Å². The molecule has 162 valence electrons. The highest BCUT2D eigenvalue weighted by Crippen LogP contribution is 2.37. The lowest BCUT2D eigenvalue weighted by molar-refractivity contribution is 0.00571. The molecular formula is C22H44O5. The van der Waals surface area contributed by atoms with E-state index in [4.69, 9.17) is 5.11 Å². The Balaban J connectivity index is 4.77. The van der Waals surface area contributed by atoms with E-state index in [1.807, 2.05) is 0 Å². The Morgan fingerprint density at radius 2 is 1.33 bits per heavy atom. The van der Waals surface area contributed by atoms with Crippen LogP contribution in [0.15, 0.2) is 11.8 Å². The first-order chi connectivity index (χ1) is 12.8. The SMILES string of the molecule is CCCCCCCC(C)(CCCCCC)CC(O)C(O)C=C(O)[C@H](O)CO. The van der Waals surface area contributed by atoms with Crippen LogP contribution in [0.25, 0.3) is 0 Å². The minimum atomic E-state index is -1.43. The summed E-state index contributed by atoms with van der Waals surface area (Å²) in [7, 11) is 0. The van der Waals surface area contributed by atoms with Crippen LogP contribution >= 0.6 is 0 Å². The van der Waals surface area contributed by atoms with Gasteiger partial charge in [-0.1, -0.05) is 78.6 Å². The zero-order chi connectivity index (χ0) is 20.7. The van der Waals surface area contributed by atoms with Gasteiger partial charge in [0, 0.05) is 0 Å². The fourth-order valence-corrected chi connectivity index (χ4v) is 3.58. The summed E-state index contributed by atoms with van der Waals surface area (Å²) in [6, 6.07) is 0. The molecular weight excluding hydrogens is 344 g/mol. The molecule has 0 aliphatic rings. The summed E-state index contributed by atoms with van der Waals surface area (Å²) in [6.07, 6.45) is 10.5. The van der Waals surface area contributed by atoms with Crippen LogP contribution in [0.5, 0.6) is 0 Å². The molecule has 0 saturated carbocycles. The number of rotatable bonds is 17. The van der Waals surface area contributed by atoms with Crippen LogP contribution in [0.3, 0.4) is 0 Å². The van der Waals surface area contributed by atoms with E-state index < -0.39 is 30.7 Å². The third-order valence-corrected chi connectivity index (χ3v) is 5.47. The highest BCUT2D eigenvalue weighted by Gasteiger charge is 2.29. The van der Waals surface area contributed by atoms with Gasteiger partial charge in [-0.05, 0) is 30.8 Å². The number of hydrogen-bond acceptors (Lipinski definition) is 5. The molecule has 5 N–H and O–H groups in total. The van der Waals surface area contributed by atoms with Crippen LogP contribution in [0, 0.1) is 5.41 Å². The Bertz CT molecular complexity index is 385. The van der Waals surface area contributed by atoms with E-state index in [2.05, 4.69) is 20.8 Å². The topological polar surface area (TPSA) is 101 Å². The molecule has 5 nitrogen and oxygen atoms in total. The highest BCUT2D eigenvalue weighted by atomic mass is 16.4.